The first-order valence-electron chi connectivity index (χ1n) is 8.58. The van der Waals surface area contributed by atoms with E-state index < -0.39 is 5.67 Å². The van der Waals surface area contributed by atoms with Crippen molar-refractivity contribution in [2.24, 2.45) is 0 Å². The second kappa shape index (κ2) is 6.32. The smallest absolute Gasteiger partial charge is 0.204 e. The maximum absolute atomic E-state index is 15.5. The second-order valence-corrected chi connectivity index (χ2v) is 6.73. The fourth-order valence-electron chi connectivity index (χ4n) is 3.53. The van der Waals surface area contributed by atoms with Gasteiger partial charge >= 0.3 is 0 Å². The zero-order valence-corrected chi connectivity index (χ0v) is 14.7. The molecule has 1 saturated heterocycles. The standard InChI is InChI=1S/C19H20F2N4O/c1-24-11-8-19(21,9-12-24)18-23-22-17-16(26-2)14(7-10-25(17)18)13-5-3-4-6-15(13)20/h3-7,10H,8-9,11-12H2,1-2H3. The summed E-state index contributed by atoms with van der Waals surface area (Å²) < 4.78 is 36.9. The van der Waals surface area contributed by atoms with E-state index in [9.17, 15) is 4.39 Å². The number of piperidine rings is 1. The van der Waals surface area contributed by atoms with Gasteiger partial charge in [-0.1, -0.05) is 18.2 Å². The minimum atomic E-state index is -1.53. The molecule has 3 aromatic rings. The van der Waals surface area contributed by atoms with Crippen LogP contribution in [0.3, 0.4) is 0 Å². The number of hydrogen-bond donors (Lipinski definition) is 0. The summed E-state index contributed by atoms with van der Waals surface area (Å²) in [6.45, 7) is 1.33. The monoisotopic (exact) mass is 358 g/mol. The predicted octanol–water partition coefficient (Wildman–Crippen LogP) is 3.43. The van der Waals surface area contributed by atoms with Crippen molar-refractivity contribution < 1.29 is 13.5 Å². The molecule has 0 unspecified atom stereocenters. The Labute approximate surface area is 150 Å². The van der Waals surface area contributed by atoms with Crippen LogP contribution >= 0.6 is 0 Å². The summed E-state index contributed by atoms with van der Waals surface area (Å²) in [7, 11) is 3.47. The second-order valence-electron chi connectivity index (χ2n) is 6.73. The third-order valence-electron chi connectivity index (χ3n) is 5.08. The van der Waals surface area contributed by atoms with Crippen molar-refractivity contribution in [1.29, 1.82) is 0 Å². The summed E-state index contributed by atoms with van der Waals surface area (Å²) in [5, 5.41) is 8.28. The first kappa shape index (κ1) is 16.9. The number of methoxy groups -OCH3 is 1. The summed E-state index contributed by atoms with van der Waals surface area (Å²) in [6, 6.07) is 8.17. The third kappa shape index (κ3) is 2.63. The van der Waals surface area contributed by atoms with Gasteiger partial charge in [0.05, 0.1) is 7.11 Å². The molecule has 0 radical (unpaired) electrons. The summed E-state index contributed by atoms with van der Waals surface area (Å²) in [4.78, 5) is 2.10. The molecule has 1 aliphatic rings. The first-order valence-corrected chi connectivity index (χ1v) is 8.58. The summed E-state index contributed by atoms with van der Waals surface area (Å²) in [5.41, 5.74) is -0.172. The van der Waals surface area contributed by atoms with Crippen molar-refractivity contribution in [3.8, 4) is 16.9 Å². The Kier molecular flexibility index (Phi) is 4.11. The molecular formula is C19H20F2N4O. The number of aromatic nitrogens is 3. The van der Waals surface area contributed by atoms with Crippen LogP contribution in [-0.2, 0) is 5.67 Å². The number of pyridine rings is 1. The molecular weight excluding hydrogens is 338 g/mol. The lowest BCUT2D eigenvalue weighted by atomic mass is 9.92. The molecule has 5 nitrogen and oxygen atoms in total. The maximum atomic E-state index is 15.5. The van der Waals surface area contributed by atoms with E-state index in [2.05, 4.69) is 15.1 Å². The van der Waals surface area contributed by atoms with E-state index in [1.165, 1.54) is 13.2 Å². The van der Waals surface area contributed by atoms with Crippen molar-refractivity contribution >= 4 is 5.65 Å². The van der Waals surface area contributed by atoms with Crippen LogP contribution in [0.1, 0.15) is 18.7 Å². The zero-order valence-electron chi connectivity index (χ0n) is 14.7. The highest BCUT2D eigenvalue weighted by molar-refractivity contribution is 5.78. The molecule has 136 valence electrons. The highest BCUT2D eigenvalue weighted by atomic mass is 19.1. The Morgan fingerprint density at radius 2 is 1.81 bits per heavy atom. The Bertz CT molecular complexity index is 948. The van der Waals surface area contributed by atoms with E-state index in [1.807, 2.05) is 7.05 Å². The molecule has 0 bridgehead atoms. The lowest BCUT2D eigenvalue weighted by Gasteiger charge is -2.33. The van der Waals surface area contributed by atoms with Crippen LogP contribution in [0.15, 0.2) is 36.5 Å². The van der Waals surface area contributed by atoms with Crippen molar-refractivity contribution in [3.63, 3.8) is 0 Å². The molecule has 7 heteroatoms. The lowest BCUT2D eigenvalue weighted by Crippen LogP contribution is -2.39. The molecule has 0 atom stereocenters. The summed E-state index contributed by atoms with van der Waals surface area (Å²) >= 11 is 0. The van der Waals surface area contributed by atoms with Crippen molar-refractivity contribution in [2.45, 2.75) is 18.5 Å². The van der Waals surface area contributed by atoms with Gasteiger partial charge < -0.3 is 9.64 Å². The quantitative estimate of drug-likeness (QED) is 0.719. The van der Waals surface area contributed by atoms with Gasteiger partial charge in [0.2, 0.25) is 5.65 Å². The molecule has 3 heterocycles. The van der Waals surface area contributed by atoms with Crippen LogP contribution in [0.25, 0.3) is 16.8 Å². The number of alkyl halides is 1. The molecule has 1 aromatic carbocycles. The Morgan fingerprint density at radius 1 is 1.08 bits per heavy atom. The predicted molar refractivity (Wildman–Crippen MR) is 94.5 cm³/mol. The van der Waals surface area contributed by atoms with Gasteiger partial charge in [0.15, 0.2) is 17.2 Å². The fraction of sp³-hybridized carbons (Fsp3) is 0.368. The van der Waals surface area contributed by atoms with Gasteiger partial charge in [-0.2, -0.15) is 0 Å². The van der Waals surface area contributed by atoms with Gasteiger partial charge in [0.25, 0.3) is 0 Å². The van der Waals surface area contributed by atoms with Gasteiger partial charge in [0, 0.05) is 43.3 Å². The molecule has 0 aliphatic carbocycles. The van der Waals surface area contributed by atoms with Crippen LogP contribution in [0, 0.1) is 5.82 Å². The SMILES string of the molecule is COc1c(-c2ccccc2F)ccn2c(C3(F)CCN(C)CC3)nnc12. The van der Waals surface area contributed by atoms with E-state index in [4.69, 9.17) is 4.74 Å². The van der Waals surface area contributed by atoms with Crippen LogP contribution in [0.4, 0.5) is 8.78 Å². The molecule has 4 rings (SSSR count). The topological polar surface area (TPSA) is 42.7 Å². The van der Waals surface area contributed by atoms with Crippen LogP contribution in [-0.4, -0.2) is 46.7 Å². The highest BCUT2D eigenvalue weighted by Crippen LogP contribution is 2.39. The molecule has 2 aromatic heterocycles. The number of benzene rings is 1. The number of rotatable bonds is 3. The number of nitrogens with zero attached hydrogens (tertiary/aromatic N) is 4. The first-order chi connectivity index (χ1) is 12.5. The lowest BCUT2D eigenvalue weighted by molar-refractivity contribution is 0.0581. The van der Waals surface area contributed by atoms with Crippen molar-refractivity contribution in [3.05, 3.63) is 48.2 Å². The van der Waals surface area contributed by atoms with E-state index in [0.717, 1.165) is 0 Å². The van der Waals surface area contributed by atoms with Crippen LogP contribution in [0.5, 0.6) is 5.75 Å². The van der Waals surface area contributed by atoms with Gasteiger partial charge in [-0.3, -0.25) is 4.40 Å². The van der Waals surface area contributed by atoms with Crippen molar-refractivity contribution in [2.75, 3.05) is 27.2 Å². The average molecular weight is 358 g/mol. The minimum Gasteiger partial charge on any atom is -0.492 e. The van der Waals surface area contributed by atoms with E-state index in [1.54, 1.807) is 34.9 Å². The summed E-state index contributed by atoms with van der Waals surface area (Å²) in [6.07, 6.45) is 2.41. The van der Waals surface area contributed by atoms with E-state index in [0.29, 0.717) is 48.5 Å². The molecule has 0 saturated carbocycles. The third-order valence-corrected chi connectivity index (χ3v) is 5.08. The molecule has 1 aliphatic heterocycles. The fourth-order valence-corrected chi connectivity index (χ4v) is 3.53. The minimum absolute atomic E-state index is 0.277. The van der Waals surface area contributed by atoms with E-state index >= 15 is 4.39 Å². The van der Waals surface area contributed by atoms with E-state index in [-0.39, 0.29) is 11.6 Å². The zero-order chi connectivity index (χ0) is 18.3. The number of ether oxygens (including phenoxy) is 1. The van der Waals surface area contributed by atoms with Gasteiger partial charge in [0.1, 0.15) is 5.82 Å². The normalized spacial score (nSPS) is 17.5. The molecule has 1 fully saturated rings. The Balaban J connectivity index is 1.85. The molecule has 0 spiro atoms. The Hall–Kier alpha value is -2.54. The molecule has 0 N–H and O–H groups in total. The van der Waals surface area contributed by atoms with Crippen LogP contribution < -0.4 is 4.74 Å². The summed E-state index contributed by atoms with van der Waals surface area (Å²) in [5.74, 6) is 0.305. The average Bonchev–Trinajstić information content (AvgIpc) is 3.09. The van der Waals surface area contributed by atoms with Gasteiger partial charge in [-0.05, 0) is 19.2 Å². The highest BCUT2D eigenvalue weighted by Gasteiger charge is 2.40. The number of halogens is 2. The number of hydrogen-bond acceptors (Lipinski definition) is 4. The maximum Gasteiger partial charge on any atom is 0.204 e. The van der Waals surface area contributed by atoms with Gasteiger partial charge in [-0.15, -0.1) is 10.2 Å². The molecule has 26 heavy (non-hydrogen) atoms. The number of fused-ring (bicyclic) bond motifs is 1. The number of likely N-dealkylation sites (tertiary alicyclic amines) is 1. The molecule has 0 amide bonds. The van der Waals surface area contributed by atoms with Gasteiger partial charge in [-0.25, -0.2) is 8.78 Å². The van der Waals surface area contributed by atoms with Crippen LogP contribution in [0.2, 0.25) is 0 Å². The van der Waals surface area contributed by atoms with Crippen molar-refractivity contribution in [1.82, 2.24) is 19.5 Å². The Morgan fingerprint density at radius 3 is 2.50 bits per heavy atom. The largest absolute Gasteiger partial charge is 0.492 e.